The summed E-state index contributed by atoms with van der Waals surface area (Å²) in [6, 6.07) is 22.4. The summed E-state index contributed by atoms with van der Waals surface area (Å²) in [5.74, 6) is 0.871. The maximum atomic E-state index is 6.02. The molecule has 0 saturated carbocycles. The van der Waals surface area contributed by atoms with E-state index in [9.17, 15) is 0 Å². The quantitative estimate of drug-likeness (QED) is 0.493. The molecule has 0 saturated heterocycles. The number of aromatic amines is 1. The lowest BCUT2D eigenvalue weighted by atomic mass is 10.1. The van der Waals surface area contributed by atoms with E-state index < -0.39 is 0 Å². The average Bonchev–Trinajstić information content (AvgIpc) is 3.12. The highest BCUT2D eigenvalue weighted by atomic mass is 16.5. The third-order valence-electron chi connectivity index (χ3n) is 4.43. The van der Waals surface area contributed by atoms with Crippen LogP contribution in [0.5, 0.6) is 5.75 Å². The maximum absolute atomic E-state index is 6.02. The highest BCUT2D eigenvalue weighted by molar-refractivity contribution is 5.92. The number of aromatic nitrogens is 2. The molecule has 2 aromatic heterocycles. The van der Waals surface area contributed by atoms with Crippen LogP contribution in [-0.2, 0) is 6.42 Å². The zero-order valence-electron chi connectivity index (χ0n) is 14.5. The van der Waals surface area contributed by atoms with Crippen LogP contribution in [0.2, 0.25) is 0 Å². The Morgan fingerprint density at radius 3 is 2.69 bits per heavy atom. The molecule has 0 aliphatic carbocycles. The van der Waals surface area contributed by atoms with Gasteiger partial charge in [-0.15, -0.1) is 0 Å². The molecule has 3 N–H and O–H groups in total. The molecule has 26 heavy (non-hydrogen) atoms. The molecular weight excluding hydrogens is 322 g/mol. The Labute approximate surface area is 152 Å². The Kier molecular flexibility index (Phi) is 4.56. The molecule has 0 aliphatic rings. The molecule has 4 aromatic rings. The van der Waals surface area contributed by atoms with Crippen LogP contribution in [0, 0.1) is 0 Å². The molecule has 0 aliphatic heterocycles. The monoisotopic (exact) mass is 343 g/mol. The predicted octanol–water partition coefficient (Wildman–Crippen LogP) is 4.82. The van der Waals surface area contributed by atoms with Crippen LogP contribution in [0.25, 0.3) is 22.3 Å². The minimum atomic E-state index is 0.694. The number of hydrogen-bond acceptors (Lipinski definition) is 3. The predicted molar refractivity (Wildman–Crippen MR) is 106 cm³/mol. The summed E-state index contributed by atoms with van der Waals surface area (Å²) >= 11 is 0. The number of anilines is 1. The minimum absolute atomic E-state index is 0.694. The molecule has 4 nitrogen and oxygen atoms in total. The first-order valence-corrected chi connectivity index (χ1v) is 8.80. The Bertz CT molecular complexity index is 1010. The Balaban J connectivity index is 1.43. The summed E-state index contributed by atoms with van der Waals surface area (Å²) in [4.78, 5) is 7.66. The molecule has 0 radical (unpaired) electrons. The third kappa shape index (κ3) is 3.54. The number of aryl methyl sites for hydroxylation is 1. The third-order valence-corrected chi connectivity index (χ3v) is 4.43. The van der Waals surface area contributed by atoms with Gasteiger partial charge in [-0.2, -0.15) is 0 Å². The number of ether oxygens (including phenoxy) is 1. The zero-order valence-corrected chi connectivity index (χ0v) is 14.5. The highest BCUT2D eigenvalue weighted by Crippen LogP contribution is 2.28. The van der Waals surface area contributed by atoms with E-state index in [2.05, 4.69) is 40.3 Å². The largest absolute Gasteiger partial charge is 0.494 e. The summed E-state index contributed by atoms with van der Waals surface area (Å²) in [5.41, 5.74) is 10.9. The van der Waals surface area contributed by atoms with E-state index in [1.54, 1.807) is 6.20 Å². The van der Waals surface area contributed by atoms with Crippen molar-refractivity contribution in [2.75, 3.05) is 12.3 Å². The van der Waals surface area contributed by atoms with E-state index in [0.29, 0.717) is 6.61 Å². The maximum Gasteiger partial charge on any atom is 0.139 e. The summed E-state index contributed by atoms with van der Waals surface area (Å²) in [7, 11) is 0. The van der Waals surface area contributed by atoms with Crippen LogP contribution in [-0.4, -0.2) is 16.6 Å². The van der Waals surface area contributed by atoms with Crippen molar-refractivity contribution >= 4 is 16.7 Å². The molecule has 2 heterocycles. The van der Waals surface area contributed by atoms with Gasteiger partial charge in [-0.1, -0.05) is 42.5 Å². The molecule has 130 valence electrons. The summed E-state index contributed by atoms with van der Waals surface area (Å²) in [6.07, 6.45) is 3.72. The number of fused-ring (bicyclic) bond motifs is 1. The Morgan fingerprint density at radius 2 is 1.85 bits per heavy atom. The standard InChI is InChI=1S/C22H21N3O/c23-20-11-12-24-22-19(20)15-21(25-22)17-9-4-10-18(14-17)26-13-5-8-16-6-2-1-3-7-16/h1-4,6-7,9-12,14-15H,5,8,13H2,(H3,23,24,25). The molecule has 0 bridgehead atoms. The fraction of sp³-hybridized carbons (Fsp3) is 0.136. The molecule has 2 aromatic carbocycles. The number of nitrogens with two attached hydrogens (primary N) is 1. The number of benzene rings is 2. The van der Waals surface area contributed by atoms with Crippen LogP contribution in [0.4, 0.5) is 5.69 Å². The van der Waals surface area contributed by atoms with Gasteiger partial charge in [0.15, 0.2) is 0 Å². The normalized spacial score (nSPS) is 10.9. The lowest BCUT2D eigenvalue weighted by Gasteiger charge is -2.08. The first-order valence-electron chi connectivity index (χ1n) is 8.80. The average molecular weight is 343 g/mol. The van der Waals surface area contributed by atoms with Crippen molar-refractivity contribution in [3.05, 3.63) is 78.5 Å². The van der Waals surface area contributed by atoms with Crippen molar-refractivity contribution in [2.24, 2.45) is 0 Å². The van der Waals surface area contributed by atoms with Gasteiger partial charge in [-0.05, 0) is 42.7 Å². The molecule has 0 atom stereocenters. The number of nitrogens with zero attached hydrogens (tertiary/aromatic N) is 1. The van der Waals surface area contributed by atoms with Crippen molar-refractivity contribution in [3.8, 4) is 17.0 Å². The van der Waals surface area contributed by atoms with E-state index in [1.807, 2.05) is 36.4 Å². The van der Waals surface area contributed by atoms with E-state index >= 15 is 0 Å². The molecule has 4 rings (SSSR count). The fourth-order valence-corrected chi connectivity index (χ4v) is 3.07. The summed E-state index contributed by atoms with van der Waals surface area (Å²) in [6.45, 7) is 0.694. The van der Waals surface area contributed by atoms with Crippen LogP contribution >= 0.6 is 0 Å². The smallest absolute Gasteiger partial charge is 0.139 e. The van der Waals surface area contributed by atoms with Gasteiger partial charge in [0.2, 0.25) is 0 Å². The van der Waals surface area contributed by atoms with Crippen molar-refractivity contribution in [1.29, 1.82) is 0 Å². The van der Waals surface area contributed by atoms with Crippen LogP contribution in [0.15, 0.2) is 72.9 Å². The van der Waals surface area contributed by atoms with Gasteiger partial charge in [0.25, 0.3) is 0 Å². The number of hydrogen-bond donors (Lipinski definition) is 2. The second kappa shape index (κ2) is 7.31. The highest BCUT2D eigenvalue weighted by Gasteiger charge is 2.07. The van der Waals surface area contributed by atoms with Crippen molar-refractivity contribution in [1.82, 2.24) is 9.97 Å². The molecule has 0 spiro atoms. The number of nitrogen functional groups attached to an aromatic ring is 1. The first-order chi connectivity index (χ1) is 12.8. The molecule has 0 amide bonds. The van der Waals surface area contributed by atoms with Gasteiger partial charge in [0.05, 0.1) is 6.61 Å². The van der Waals surface area contributed by atoms with Gasteiger partial charge < -0.3 is 15.5 Å². The van der Waals surface area contributed by atoms with Gasteiger partial charge in [0, 0.05) is 28.5 Å². The summed E-state index contributed by atoms with van der Waals surface area (Å²) in [5, 5.41) is 0.941. The van der Waals surface area contributed by atoms with Crippen LogP contribution < -0.4 is 10.5 Å². The Hall–Kier alpha value is -3.27. The van der Waals surface area contributed by atoms with E-state index in [-0.39, 0.29) is 0 Å². The van der Waals surface area contributed by atoms with E-state index in [1.165, 1.54) is 5.56 Å². The number of pyridine rings is 1. The van der Waals surface area contributed by atoms with Crippen LogP contribution in [0.1, 0.15) is 12.0 Å². The van der Waals surface area contributed by atoms with Gasteiger partial charge in [-0.3, -0.25) is 0 Å². The lowest BCUT2D eigenvalue weighted by molar-refractivity contribution is 0.311. The minimum Gasteiger partial charge on any atom is -0.494 e. The summed E-state index contributed by atoms with van der Waals surface area (Å²) < 4.78 is 5.93. The molecular formula is C22H21N3O. The van der Waals surface area contributed by atoms with E-state index in [4.69, 9.17) is 10.5 Å². The van der Waals surface area contributed by atoms with E-state index in [0.717, 1.165) is 46.6 Å². The first kappa shape index (κ1) is 16.2. The van der Waals surface area contributed by atoms with Gasteiger partial charge >= 0.3 is 0 Å². The second-order valence-corrected chi connectivity index (χ2v) is 6.31. The second-order valence-electron chi connectivity index (χ2n) is 6.31. The van der Waals surface area contributed by atoms with Crippen molar-refractivity contribution in [3.63, 3.8) is 0 Å². The van der Waals surface area contributed by atoms with Gasteiger partial charge in [0.1, 0.15) is 11.4 Å². The lowest BCUT2D eigenvalue weighted by Crippen LogP contribution is -1.99. The fourth-order valence-electron chi connectivity index (χ4n) is 3.07. The van der Waals surface area contributed by atoms with Crippen molar-refractivity contribution < 1.29 is 4.74 Å². The SMILES string of the molecule is Nc1ccnc2[nH]c(-c3cccc(OCCCc4ccccc4)c3)cc12. The zero-order chi connectivity index (χ0) is 17.8. The Morgan fingerprint density at radius 1 is 0.962 bits per heavy atom. The number of rotatable bonds is 6. The van der Waals surface area contributed by atoms with Crippen molar-refractivity contribution in [2.45, 2.75) is 12.8 Å². The number of H-pyrrole nitrogens is 1. The van der Waals surface area contributed by atoms with Crippen LogP contribution in [0.3, 0.4) is 0 Å². The molecule has 0 fully saturated rings. The molecule has 0 unspecified atom stereocenters. The number of nitrogens with one attached hydrogen (secondary N) is 1. The topological polar surface area (TPSA) is 63.9 Å². The molecule has 4 heteroatoms. The van der Waals surface area contributed by atoms with Gasteiger partial charge in [-0.25, -0.2) is 4.98 Å².